The van der Waals surface area contributed by atoms with Gasteiger partial charge in [-0.2, -0.15) is 5.06 Å². The highest BCUT2D eigenvalue weighted by molar-refractivity contribution is 6.07. The number of aryl methyl sites for hydroxylation is 1. The third-order valence-electron chi connectivity index (χ3n) is 7.41. The number of ether oxygens (including phenoxy) is 3. The average molecular weight is 618 g/mol. The summed E-state index contributed by atoms with van der Waals surface area (Å²) in [5.41, 5.74) is 1.30. The van der Waals surface area contributed by atoms with Crippen LogP contribution in [0.1, 0.15) is 53.5 Å². The molecule has 3 amide bonds. The third kappa shape index (κ3) is 8.08. The summed E-state index contributed by atoms with van der Waals surface area (Å²) in [6.07, 6.45) is 1.56. The number of benzene rings is 2. The van der Waals surface area contributed by atoms with Crippen LogP contribution in [0.15, 0.2) is 60.8 Å². The number of hydrogen-bond acceptors (Lipinski definition) is 9. The molecule has 5 rings (SSSR count). The first-order chi connectivity index (χ1) is 21.5. The Morgan fingerprint density at radius 2 is 1.80 bits per heavy atom. The Hall–Kier alpha value is -4.68. The van der Waals surface area contributed by atoms with Crippen molar-refractivity contribution in [2.45, 2.75) is 45.8 Å². The summed E-state index contributed by atoms with van der Waals surface area (Å²) in [7, 11) is 0. The lowest BCUT2D eigenvalue weighted by atomic mass is 10.1. The smallest absolute Gasteiger partial charge is 0.410 e. The van der Waals surface area contributed by atoms with Crippen molar-refractivity contribution < 1.29 is 33.8 Å². The largest absolute Gasteiger partial charge is 0.488 e. The molecule has 0 spiro atoms. The SMILES string of the molecule is Cc1ccc(NC(=O)c2ccnc(N3CCOCC3)c2)cc1N(O)C(=O)c1cccc(OC2CCN(C(=O)OC(C)(C)C)C2)c1. The summed E-state index contributed by atoms with van der Waals surface area (Å²) in [4.78, 5) is 46.9. The lowest BCUT2D eigenvalue weighted by molar-refractivity contribution is 0.0275. The fourth-order valence-corrected chi connectivity index (χ4v) is 5.09. The maximum Gasteiger partial charge on any atom is 0.410 e. The molecular formula is C33H39N5O7. The fraction of sp³-hybridized carbons (Fsp3) is 0.394. The van der Waals surface area contributed by atoms with Crippen LogP contribution in [0, 0.1) is 6.92 Å². The van der Waals surface area contributed by atoms with Crippen LogP contribution in [0.2, 0.25) is 0 Å². The Morgan fingerprint density at radius 3 is 2.56 bits per heavy atom. The van der Waals surface area contributed by atoms with Crippen LogP contribution in [0.5, 0.6) is 5.75 Å². The van der Waals surface area contributed by atoms with E-state index in [1.165, 1.54) is 0 Å². The first-order valence-electron chi connectivity index (χ1n) is 15.0. The maximum atomic E-state index is 13.3. The fourth-order valence-electron chi connectivity index (χ4n) is 5.09. The van der Waals surface area contributed by atoms with Crippen LogP contribution in [0.4, 0.5) is 22.0 Å². The minimum absolute atomic E-state index is 0.207. The van der Waals surface area contributed by atoms with Crippen LogP contribution < -0.4 is 20.0 Å². The lowest BCUT2D eigenvalue weighted by Gasteiger charge is -2.27. The number of anilines is 3. The first kappa shape index (κ1) is 31.7. The quantitative estimate of drug-likeness (QED) is 0.280. The van der Waals surface area contributed by atoms with E-state index in [-0.39, 0.29) is 29.4 Å². The normalized spacial score (nSPS) is 16.7. The van der Waals surface area contributed by atoms with Crippen LogP contribution in [-0.2, 0) is 9.47 Å². The molecule has 1 unspecified atom stereocenters. The number of aromatic nitrogens is 1. The highest BCUT2D eigenvalue weighted by Crippen LogP contribution is 2.27. The zero-order chi connectivity index (χ0) is 32.1. The Kier molecular flexibility index (Phi) is 9.54. The van der Waals surface area contributed by atoms with Gasteiger partial charge in [-0.25, -0.2) is 9.78 Å². The van der Waals surface area contributed by atoms with Crippen molar-refractivity contribution in [2.24, 2.45) is 0 Å². The van der Waals surface area contributed by atoms with Gasteiger partial charge in [-0.1, -0.05) is 12.1 Å². The van der Waals surface area contributed by atoms with Gasteiger partial charge >= 0.3 is 6.09 Å². The predicted molar refractivity (Wildman–Crippen MR) is 168 cm³/mol. The predicted octanol–water partition coefficient (Wildman–Crippen LogP) is 4.90. The van der Waals surface area contributed by atoms with E-state index in [0.717, 1.165) is 0 Å². The molecule has 2 aliphatic heterocycles. The average Bonchev–Trinajstić information content (AvgIpc) is 3.50. The number of hydroxylamine groups is 1. The second-order valence-corrected chi connectivity index (χ2v) is 12.1. The van der Waals surface area contributed by atoms with Gasteiger partial charge in [-0.3, -0.25) is 14.8 Å². The highest BCUT2D eigenvalue weighted by atomic mass is 16.6. The van der Waals surface area contributed by atoms with E-state index < -0.39 is 11.5 Å². The number of pyridine rings is 1. The molecule has 3 aromatic rings. The molecule has 3 heterocycles. The van der Waals surface area contributed by atoms with Crippen molar-refractivity contribution in [1.29, 1.82) is 0 Å². The van der Waals surface area contributed by atoms with Crippen molar-refractivity contribution in [1.82, 2.24) is 9.88 Å². The number of carbonyl (C=O) groups is 3. The molecule has 2 aliphatic rings. The molecule has 0 radical (unpaired) electrons. The van der Waals surface area contributed by atoms with Gasteiger partial charge in [-0.15, -0.1) is 0 Å². The maximum absolute atomic E-state index is 13.3. The molecule has 12 heteroatoms. The minimum Gasteiger partial charge on any atom is -0.488 e. The standard InChI is InChI=1S/C33H39N5O7/c1-22-8-9-25(35-30(39)23-10-12-34-29(19-23)36-14-16-43-17-15-36)20-28(22)38(42)31(40)24-6-5-7-26(18-24)44-27-11-13-37(21-27)32(41)45-33(2,3)4/h5-10,12,18-20,27,42H,11,13-17,21H2,1-4H3,(H,35,39). The van der Waals surface area contributed by atoms with Gasteiger partial charge in [0.05, 0.1) is 25.4 Å². The van der Waals surface area contributed by atoms with Gasteiger partial charge < -0.3 is 29.3 Å². The lowest BCUT2D eigenvalue weighted by Crippen LogP contribution is -2.36. The van der Waals surface area contributed by atoms with Crippen LogP contribution in [0.25, 0.3) is 0 Å². The van der Waals surface area contributed by atoms with Gasteiger partial charge in [0.15, 0.2) is 0 Å². The van der Waals surface area contributed by atoms with E-state index in [4.69, 9.17) is 14.2 Å². The summed E-state index contributed by atoms with van der Waals surface area (Å²) in [5.74, 6) is 0.122. The van der Waals surface area contributed by atoms with Gasteiger partial charge in [0.25, 0.3) is 11.8 Å². The molecule has 0 bridgehead atoms. The van der Waals surface area contributed by atoms with Gasteiger partial charge in [0.2, 0.25) is 0 Å². The Morgan fingerprint density at radius 1 is 1.02 bits per heavy atom. The summed E-state index contributed by atoms with van der Waals surface area (Å²) < 4.78 is 16.9. The number of morpholine rings is 1. The molecule has 238 valence electrons. The number of hydrogen-bond donors (Lipinski definition) is 2. The van der Waals surface area contributed by atoms with Crippen LogP contribution in [-0.4, -0.2) is 84.1 Å². The number of carbonyl (C=O) groups excluding carboxylic acids is 3. The summed E-state index contributed by atoms with van der Waals surface area (Å²) in [6, 6.07) is 14.8. The monoisotopic (exact) mass is 617 g/mol. The molecule has 2 fully saturated rings. The van der Waals surface area contributed by atoms with E-state index in [0.29, 0.717) is 79.3 Å². The third-order valence-corrected chi connectivity index (χ3v) is 7.41. The van der Waals surface area contributed by atoms with E-state index in [9.17, 15) is 19.6 Å². The molecule has 12 nitrogen and oxygen atoms in total. The number of amides is 3. The van der Waals surface area contributed by atoms with Gasteiger partial charge in [-0.05, 0) is 75.7 Å². The van der Waals surface area contributed by atoms with E-state index in [1.54, 1.807) is 72.6 Å². The van der Waals surface area contributed by atoms with Crippen LogP contribution in [0.3, 0.4) is 0 Å². The molecule has 1 atom stereocenters. The van der Waals surface area contributed by atoms with Crippen molar-refractivity contribution in [3.05, 3.63) is 77.5 Å². The number of nitrogens with zero attached hydrogens (tertiary/aromatic N) is 4. The number of nitrogens with one attached hydrogen (secondary N) is 1. The zero-order valence-corrected chi connectivity index (χ0v) is 26.0. The molecular weight excluding hydrogens is 578 g/mol. The van der Waals surface area contributed by atoms with Crippen molar-refractivity contribution in [3.8, 4) is 5.75 Å². The van der Waals surface area contributed by atoms with Crippen molar-refractivity contribution in [2.75, 3.05) is 54.7 Å². The molecule has 2 aromatic carbocycles. The number of rotatable bonds is 7. The minimum atomic E-state index is -0.668. The molecule has 2 N–H and O–H groups in total. The highest BCUT2D eigenvalue weighted by Gasteiger charge is 2.31. The molecule has 1 aromatic heterocycles. The van der Waals surface area contributed by atoms with Crippen molar-refractivity contribution >= 4 is 35.1 Å². The zero-order valence-electron chi connectivity index (χ0n) is 26.0. The summed E-state index contributed by atoms with van der Waals surface area (Å²) in [6.45, 7) is 10.7. The second-order valence-electron chi connectivity index (χ2n) is 12.1. The van der Waals surface area contributed by atoms with Gasteiger partial charge in [0, 0.05) is 49.1 Å². The van der Waals surface area contributed by atoms with Crippen molar-refractivity contribution in [3.63, 3.8) is 0 Å². The summed E-state index contributed by atoms with van der Waals surface area (Å²) >= 11 is 0. The summed E-state index contributed by atoms with van der Waals surface area (Å²) in [5, 5.41) is 14.4. The van der Waals surface area contributed by atoms with E-state index >= 15 is 0 Å². The van der Waals surface area contributed by atoms with E-state index in [2.05, 4.69) is 15.2 Å². The molecule has 45 heavy (non-hydrogen) atoms. The Labute approximate surface area is 262 Å². The van der Waals surface area contributed by atoms with E-state index in [1.807, 2.05) is 20.8 Å². The van der Waals surface area contributed by atoms with Crippen LogP contribution >= 0.6 is 0 Å². The first-order valence-corrected chi connectivity index (χ1v) is 15.0. The van der Waals surface area contributed by atoms with Gasteiger partial charge in [0.1, 0.15) is 23.3 Å². The molecule has 0 saturated carbocycles. The Bertz CT molecular complexity index is 1550. The number of likely N-dealkylation sites (tertiary alicyclic amines) is 1. The molecule has 2 saturated heterocycles. The Balaban J connectivity index is 1.23. The topological polar surface area (TPSA) is 134 Å². The molecule has 0 aliphatic carbocycles. The second kappa shape index (κ2) is 13.5.